The molecule has 0 saturated carbocycles. The lowest BCUT2D eigenvalue weighted by atomic mass is 9.96. The number of hydrogen-bond donors (Lipinski definition) is 3. The van der Waals surface area contributed by atoms with Crippen LogP contribution in [0.15, 0.2) is 0 Å². The van der Waals surface area contributed by atoms with Crippen molar-refractivity contribution in [2.24, 2.45) is 0 Å². The van der Waals surface area contributed by atoms with Crippen molar-refractivity contribution in [3.05, 3.63) is 0 Å². The van der Waals surface area contributed by atoms with Crippen molar-refractivity contribution < 1.29 is 15.3 Å². The van der Waals surface area contributed by atoms with Crippen molar-refractivity contribution in [3.8, 4) is 0 Å². The first kappa shape index (κ1) is 12.3. The maximum absolute atomic E-state index is 9.44. The van der Waals surface area contributed by atoms with E-state index in [-0.39, 0.29) is 23.6 Å². The first-order valence-electron chi connectivity index (χ1n) is 3.70. The Morgan fingerprint density at radius 3 is 2.17 bits per heavy atom. The minimum absolute atomic E-state index is 0. The van der Waals surface area contributed by atoms with E-state index in [1.165, 1.54) is 0 Å². The molecule has 0 bridgehead atoms. The standard InChI is InChI=1S/C7H15NO3.BrH/c1-7(4-9)6(11)5(10)3-8(7)2;/h5-6,9-11H,3-4H2,1-2H3;1H. The van der Waals surface area contributed by atoms with Gasteiger partial charge in [0.1, 0.15) is 6.10 Å². The van der Waals surface area contributed by atoms with Crippen LogP contribution in [-0.2, 0) is 0 Å². The molecule has 0 amide bonds. The number of aliphatic hydroxyl groups excluding tert-OH is 3. The minimum atomic E-state index is -0.850. The molecular formula is C7H16BrNO3. The lowest BCUT2D eigenvalue weighted by molar-refractivity contribution is -0.0224. The van der Waals surface area contributed by atoms with Crippen LogP contribution in [0.3, 0.4) is 0 Å². The van der Waals surface area contributed by atoms with Gasteiger partial charge in [-0.2, -0.15) is 0 Å². The molecule has 1 heterocycles. The molecule has 0 aromatic heterocycles. The highest BCUT2D eigenvalue weighted by Gasteiger charge is 2.47. The quantitative estimate of drug-likeness (QED) is 0.551. The Bertz CT molecular complexity index is 158. The van der Waals surface area contributed by atoms with Crippen LogP contribution < -0.4 is 0 Å². The van der Waals surface area contributed by atoms with E-state index in [2.05, 4.69) is 0 Å². The fourth-order valence-electron chi connectivity index (χ4n) is 1.44. The van der Waals surface area contributed by atoms with Gasteiger partial charge in [-0.15, -0.1) is 17.0 Å². The molecule has 1 aliphatic heterocycles. The van der Waals surface area contributed by atoms with E-state index in [1.807, 2.05) is 0 Å². The van der Waals surface area contributed by atoms with Gasteiger partial charge in [0.25, 0.3) is 0 Å². The summed E-state index contributed by atoms with van der Waals surface area (Å²) in [4.78, 5) is 1.77. The molecule has 12 heavy (non-hydrogen) atoms. The Kier molecular flexibility index (Phi) is 4.13. The highest BCUT2D eigenvalue weighted by molar-refractivity contribution is 8.93. The van der Waals surface area contributed by atoms with E-state index in [0.29, 0.717) is 6.54 Å². The molecule has 0 spiro atoms. The fourth-order valence-corrected chi connectivity index (χ4v) is 1.44. The molecule has 1 aliphatic rings. The molecule has 3 atom stereocenters. The second-order valence-corrected chi connectivity index (χ2v) is 3.41. The number of β-amino-alcohol motifs (C(OH)–C–C–N with tert-alkyl or cyclic N) is 1. The second kappa shape index (κ2) is 4.02. The zero-order valence-corrected chi connectivity index (χ0v) is 8.98. The Labute approximate surface area is 82.6 Å². The number of rotatable bonds is 1. The first-order valence-corrected chi connectivity index (χ1v) is 3.70. The smallest absolute Gasteiger partial charge is 0.101 e. The van der Waals surface area contributed by atoms with E-state index < -0.39 is 17.7 Å². The largest absolute Gasteiger partial charge is 0.394 e. The van der Waals surface area contributed by atoms with Gasteiger partial charge in [-0.25, -0.2) is 0 Å². The molecule has 1 saturated heterocycles. The number of likely N-dealkylation sites (tertiary alicyclic amines) is 1. The monoisotopic (exact) mass is 241 g/mol. The third kappa shape index (κ3) is 1.65. The van der Waals surface area contributed by atoms with Gasteiger partial charge in [-0.05, 0) is 14.0 Å². The van der Waals surface area contributed by atoms with Crippen LogP contribution in [0.5, 0.6) is 0 Å². The maximum atomic E-state index is 9.44. The Balaban J connectivity index is 0.00000121. The molecule has 1 fully saturated rings. The Hall–Kier alpha value is 0.320. The topological polar surface area (TPSA) is 63.9 Å². The minimum Gasteiger partial charge on any atom is -0.394 e. The van der Waals surface area contributed by atoms with Crippen LogP contribution >= 0.6 is 17.0 Å². The number of likely N-dealkylation sites (N-methyl/N-ethyl adjacent to an activating group) is 1. The molecular weight excluding hydrogens is 226 g/mol. The summed E-state index contributed by atoms with van der Waals surface area (Å²) in [7, 11) is 1.77. The normalized spacial score (nSPS) is 42.8. The molecule has 0 radical (unpaired) electrons. The summed E-state index contributed by atoms with van der Waals surface area (Å²) in [6.45, 7) is 2.01. The molecule has 5 heteroatoms. The van der Waals surface area contributed by atoms with Crippen LogP contribution in [-0.4, -0.2) is 58.2 Å². The van der Waals surface area contributed by atoms with E-state index in [4.69, 9.17) is 5.11 Å². The van der Waals surface area contributed by atoms with Gasteiger partial charge in [-0.1, -0.05) is 0 Å². The van der Waals surface area contributed by atoms with E-state index >= 15 is 0 Å². The fraction of sp³-hybridized carbons (Fsp3) is 1.00. The Morgan fingerprint density at radius 1 is 1.50 bits per heavy atom. The average molecular weight is 242 g/mol. The third-order valence-electron chi connectivity index (χ3n) is 2.65. The molecule has 4 nitrogen and oxygen atoms in total. The molecule has 74 valence electrons. The van der Waals surface area contributed by atoms with Crippen molar-refractivity contribution in [3.63, 3.8) is 0 Å². The van der Waals surface area contributed by atoms with Crippen molar-refractivity contribution in [1.29, 1.82) is 0 Å². The highest BCUT2D eigenvalue weighted by Crippen LogP contribution is 2.27. The molecule has 0 aromatic rings. The first-order chi connectivity index (χ1) is 5.02. The number of nitrogens with zero attached hydrogens (tertiary/aromatic N) is 1. The molecule has 3 N–H and O–H groups in total. The predicted octanol–water partition coefficient (Wildman–Crippen LogP) is -1.02. The lowest BCUT2D eigenvalue weighted by Gasteiger charge is -2.32. The van der Waals surface area contributed by atoms with Crippen LogP contribution in [0.2, 0.25) is 0 Å². The second-order valence-electron chi connectivity index (χ2n) is 3.41. The van der Waals surface area contributed by atoms with E-state index in [1.54, 1.807) is 18.9 Å². The number of aliphatic hydroxyl groups is 3. The maximum Gasteiger partial charge on any atom is 0.101 e. The van der Waals surface area contributed by atoms with Gasteiger partial charge in [0.2, 0.25) is 0 Å². The van der Waals surface area contributed by atoms with Gasteiger partial charge in [-0.3, -0.25) is 4.90 Å². The number of halogens is 1. The van der Waals surface area contributed by atoms with Crippen LogP contribution in [0.25, 0.3) is 0 Å². The van der Waals surface area contributed by atoms with Crippen molar-refractivity contribution in [1.82, 2.24) is 4.90 Å². The Morgan fingerprint density at radius 2 is 2.00 bits per heavy atom. The number of hydrogen-bond acceptors (Lipinski definition) is 4. The summed E-state index contributed by atoms with van der Waals surface area (Å²) in [6.07, 6.45) is -1.59. The summed E-state index contributed by atoms with van der Waals surface area (Å²) >= 11 is 0. The zero-order valence-electron chi connectivity index (χ0n) is 7.27. The van der Waals surface area contributed by atoms with Gasteiger partial charge >= 0.3 is 0 Å². The molecule has 0 aliphatic carbocycles. The van der Waals surface area contributed by atoms with Gasteiger partial charge in [0, 0.05) is 6.54 Å². The average Bonchev–Trinajstić information content (AvgIpc) is 2.16. The molecule has 3 unspecified atom stereocenters. The van der Waals surface area contributed by atoms with Crippen molar-refractivity contribution in [2.75, 3.05) is 20.2 Å². The lowest BCUT2D eigenvalue weighted by Crippen LogP contribution is -2.50. The van der Waals surface area contributed by atoms with Crippen LogP contribution in [0.4, 0.5) is 0 Å². The summed E-state index contributed by atoms with van der Waals surface area (Å²) in [5.41, 5.74) is -0.681. The summed E-state index contributed by atoms with van der Waals surface area (Å²) in [5, 5.41) is 27.6. The highest BCUT2D eigenvalue weighted by atomic mass is 79.9. The van der Waals surface area contributed by atoms with Gasteiger partial charge in [0.15, 0.2) is 0 Å². The van der Waals surface area contributed by atoms with Gasteiger partial charge < -0.3 is 15.3 Å². The van der Waals surface area contributed by atoms with Crippen molar-refractivity contribution >= 4 is 17.0 Å². The summed E-state index contributed by atoms with van der Waals surface area (Å²) in [5.74, 6) is 0. The SMILES string of the molecule is Br.CN1CC(O)C(O)C1(C)CO. The van der Waals surface area contributed by atoms with Crippen LogP contribution in [0, 0.1) is 0 Å². The zero-order chi connectivity index (χ0) is 8.65. The van der Waals surface area contributed by atoms with E-state index in [0.717, 1.165) is 0 Å². The van der Waals surface area contributed by atoms with Gasteiger partial charge in [0.05, 0.1) is 18.2 Å². The molecule has 1 rings (SSSR count). The summed E-state index contributed by atoms with van der Waals surface area (Å²) < 4.78 is 0. The molecule has 0 aromatic carbocycles. The van der Waals surface area contributed by atoms with E-state index in [9.17, 15) is 10.2 Å². The van der Waals surface area contributed by atoms with Crippen molar-refractivity contribution in [2.45, 2.75) is 24.7 Å². The predicted molar refractivity (Wildman–Crippen MR) is 50.5 cm³/mol. The third-order valence-corrected chi connectivity index (χ3v) is 2.65. The summed E-state index contributed by atoms with van der Waals surface area (Å²) in [6, 6.07) is 0. The van der Waals surface area contributed by atoms with Crippen LogP contribution in [0.1, 0.15) is 6.92 Å².